The van der Waals surface area contributed by atoms with Crippen molar-refractivity contribution < 1.29 is 13.2 Å². The summed E-state index contributed by atoms with van der Waals surface area (Å²) >= 11 is 11.9. The van der Waals surface area contributed by atoms with Gasteiger partial charge < -0.3 is 5.32 Å². The highest BCUT2D eigenvalue weighted by Crippen LogP contribution is 2.28. The van der Waals surface area contributed by atoms with Crippen molar-refractivity contribution >= 4 is 44.8 Å². The van der Waals surface area contributed by atoms with Crippen LogP contribution in [0.2, 0.25) is 10.0 Å². The lowest BCUT2D eigenvalue weighted by atomic mass is 10.1. The number of nitrogens with zero attached hydrogens (tertiary/aromatic N) is 1. The lowest BCUT2D eigenvalue weighted by molar-refractivity contribution is 0.0940. The van der Waals surface area contributed by atoms with E-state index in [0.717, 1.165) is 16.1 Å². The molecule has 0 saturated carbocycles. The fourth-order valence-corrected chi connectivity index (χ4v) is 3.12. The Kier molecular flexibility index (Phi) is 5.98. The van der Waals surface area contributed by atoms with E-state index < -0.39 is 10.0 Å². The summed E-state index contributed by atoms with van der Waals surface area (Å²) in [5.41, 5.74) is 1.46. The highest BCUT2D eigenvalue weighted by Gasteiger charge is 2.18. The van der Waals surface area contributed by atoms with Gasteiger partial charge in [0.25, 0.3) is 5.91 Å². The highest BCUT2D eigenvalue weighted by atomic mass is 35.5. The van der Waals surface area contributed by atoms with Crippen LogP contribution >= 0.6 is 23.2 Å². The molecule has 0 spiro atoms. The topological polar surface area (TPSA) is 66.5 Å². The summed E-state index contributed by atoms with van der Waals surface area (Å²) in [5.74, 6) is -0.331. The van der Waals surface area contributed by atoms with Crippen molar-refractivity contribution in [2.75, 3.05) is 17.6 Å². The van der Waals surface area contributed by atoms with E-state index >= 15 is 0 Å². The van der Waals surface area contributed by atoms with E-state index in [1.54, 1.807) is 18.2 Å². The predicted octanol–water partition coefficient (Wildman–Crippen LogP) is 3.88. The lowest BCUT2D eigenvalue weighted by Gasteiger charge is -2.19. The molecule has 2 aromatic rings. The minimum Gasteiger partial charge on any atom is -0.346 e. The van der Waals surface area contributed by atoms with E-state index in [2.05, 4.69) is 5.32 Å². The molecule has 0 heterocycles. The third-order valence-electron chi connectivity index (χ3n) is 3.76. The first-order valence-electron chi connectivity index (χ1n) is 7.39. The van der Waals surface area contributed by atoms with Crippen LogP contribution in [0, 0.1) is 0 Å². The smallest absolute Gasteiger partial charge is 0.251 e. The summed E-state index contributed by atoms with van der Waals surface area (Å²) in [6, 6.07) is 11.4. The highest BCUT2D eigenvalue weighted by molar-refractivity contribution is 7.92. The molecule has 2 aromatic carbocycles. The van der Waals surface area contributed by atoms with Gasteiger partial charge in [-0.05, 0) is 42.8 Å². The van der Waals surface area contributed by atoms with Crippen LogP contribution in [-0.4, -0.2) is 27.6 Å². The zero-order valence-corrected chi connectivity index (χ0v) is 16.3. The molecule has 0 radical (unpaired) electrons. The van der Waals surface area contributed by atoms with E-state index in [9.17, 15) is 13.2 Å². The maximum atomic E-state index is 12.5. The molecule has 134 valence electrons. The van der Waals surface area contributed by atoms with Crippen LogP contribution in [0.25, 0.3) is 0 Å². The number of anilines is 1. The third kappa shape index (κ3) is 4.87. The van der Waals surface area contributed by atoms with Gasteiger partial charge in [0.1, 0.15) is 0 Å². The van der Waals surface area contributed by atoms with Crippen LogP contribution in [0.3, 0.4) is 0 Å². The average molecular weight is 401 g/mol. The Morgan fingerprint density at radius 3 is 2.28 bits per heavy atom. The number of rotatable bonds is 5. The van der Waals surface area contributed by atoms with Gasteiger partial charge in [0.2, 0.25) is 10.0 Å². The SMILES string of the molecule is CC(NC(=O)c1ccc(Cl)c(N(C)S(C)(=O)=O)c1)c1ccc(Cl)cc1. The maximum absolute atomic E-state index is 12.5. The number of benzene rings is 2. The van der Waals surface area contributed by atoms with Crippen LogP contribution in [0.4, 0.5) is 5.69 Å². The zero-order valence-electron chi connectivity index (χ0n) is 14.0. The van der Waals surface area contributed by atoms with E-state index in [0.29, 0.717) is 10.6 Å². The van der Waals surface area contributed by atoms with Crippen molar-refractivity contribution in [2.45, 2.75) is 13.0 Å². The predicted molar refractivity (Wildman–Crippen MR) is 102 cm³/mol. The molecular formula is C17H18Cl2N2O3S. The van der Waals surface area contributed by atoms with Gasteiger partial charge in [-0.3, -0.25) is 9.10 Å². The number of halogens is 2. The number of hydrogen-bond donors (Lipinski definition) is 1. The third-order valence-corrected chi connectivity index (χ3v) is 5.53. The van der Waals surface area contributed by atoms with Crippen molar-refractivity contribution in [3.63, 3.8) is 0 Å². The van der Waals surface area contributed by atoms with Crippen LogP contribution in [0.5, 0.6) is 0 Å². The fourth-order valence-electron chi connectivity index (χ4n) is 2.19. The summed E-state index contributed by atoms with van der Waals surface area (Å²) in [4.78, 5) is 12.5. The van der Waals surface area contributed by atoms with Crippen molar-refractivity contribution in [2.24, 2.45) is 0 Å². The van der Waals surface area contributed by atoms with Crippen molar-refractivity contribution in [3.05, 3.63) is 63.6 Å². The molecule has 1 atom stereocenters. The molecule has 1 amide bonds. The van der Waals surface area contributed by atoms with Gasteiger partial charge in [0.05, 0.1) is 23.0 Å². The van der Waals surface area contributed by atoms with Crippen LogP contribution in [-0.2, 0) is 10.0 Å². The van der Waals surface area contributed by atoms with E-state index in [4.69, 9.17) is 23.2 Å². The molecule has 5 nitrogen and oxygen atoms in total. The standard InChI is InChI=1S/C17H18Cl2N2O3S/c1-11(12-4-7-14(18)8-5-12)20-17(22)13-6-9-15(19)16(10-13)21(2)25(3,23)24/h4-11H,1-3H3,(H,20,22). The molecule has 0 aliphatic heterocycles. The number of amides is 1. The fraction of sp³-hybridized carbons (Fsp3) is 0.235. The average Bonchev–Trinajstić information content (AvgIpc) is 2.54. The first-order chi connectivity index (χ1) is 11.6. The van der Waals surface area contributed by atoms with Crippen LogP contribution in [0.15, 0.2) is 42.5 Å². The molecule has 8 heteroatoms. The molecule has 2 rings (SSSR count). The minimum absolute atomic E-state index is 0.239. The second-order valence-electron chi connectivity index (χ2n) is 5.64. The summed E-state index contributed by atoms with van der Waals surface area (Å²) in [6.07, 6.45) is 1.07. The zero-order chi connectivity index (χ0) is 18.8. The van der Waals surface area contributed by atoms with Crippen molar-refractivity contribution in [3.8, 4) is 0 Å². The summed E-state index contributed by atoms with van der Waals surface area (Å²) in [6.45, 7) is 1.85. The van der Waals surface area contributed by atoms with Crippen molar-refractivity contribution in [1.82, 2.24) is 5.32 Å². The molecule has 1 N–H and O–H groups in total. The molecule has 0 saturated heterocycles. The Morgan fingerprint density at radius 2 is 1.72 bits per heavy atom. The van der Waals surface area contributed by atoms with Gasteiger partial charge in [-0.25, -0.2) is 8.42 Å². The molecule has 0 aliphatic carbocycles. The van der Waals surface area contributed by atoms with Crippen molar-refractivity contribution in [1.29, 1.82) is 0 Å². The quantitative estimate of drug-likeness (QED) is 0.827. The maximum Gasteiger partial charge on any atom is 0.251 e. The Balaban J connectivity index is 2.23. The van der Waals surface area contributed by atoms with Crippen LogP contribution < -0.4 is 9.62 Å². The molecule has 1 unspecified atom stereocenters. The van der Waals surface area contributed by atoms with Gasteiger partial charge in [-0.1, -0.05) is 35.3 Å². The van der Waals surface area contributed by atoms with Gasteiger partial charge in [0, 0.05) is 17.6 Å². The normalized spacial score (nSPS) is 12.5. The minimum atomic E-state index is -3.49. The summed E-state index contributed by atoms with van der Waals surface area (Å²) < 4.78 is 24.5. The number of carbonyl (C=O) groups is 1. The van der Waals surface area contributed by atoms with E-state index in [1.165, 1.54) is 19.2 Å². The van der Waals surface area contributed by atoms with Gasteiger partial charge >= 0.3 is 0 Å². The molecular weight excluding hydrogens is 383 g/mol. The molecule has 0 aliphatic rings. The Bertz CT molecular complexity index is 883. The Morgan fingerprint density at radius 1 is 1.12 bits per heavy atom. The Labute approximate surface area is 157 Å². The molecule has 25 heavy (non-hydrogen) atoms. The monoisotopic (exact) mass is 400 g/mol. The first kappa shape index (κ1) is 19.6. The second-order valence-corrected chi connectivity index (χ2v) is 8.50. The van der Waals surface area contributed by atoms with Gasteiger partial charge in [0.15, 0.2) is 0 Å². The second kappa shape index (κ2) is 7.64. The molecule has 0 bridgehead atoms. The lowest BCUT2D eigenvalue weighted by Crippen LogP contribution is -2.28. The molecule has 0 fully saturated rings. The summed E-state index contributed by atoms with van der Waals surface area (Å²) in [7, 11) is -2.10. The van der Waals surface area contributed by atoms with Gasteiger partial charge in [-0.15, -0.1) is 0 Å². The summed E-state index contributed by atoms with van der Waals surface area (Å²) in [5, 5.41) is 3.73. The van der Waals surface area contributed by atoms with E-state index in [1.807, 2.05) is 19.1 Å². The van der Waals surface area contributed by atoms with Gasteiger partial charge in [-0.2, -0.15) is 0 Å². The number of hydrogen-bond acceptors (Lipinski definition) is 3. The number of sulfonamides is 1. The largest absolute Gasteiger partial charge is 0.346 e. The number of nitrogens with one attached hydrogen (secondary N) is 1. The van der Waals surface area contributed by atoms with Crippen LogP contribution in [0.1, 0.15) is 28.9 Å². The first-order valence-corrected chi connectivity index (χ1v) is 10.00. The number of carbonyl (C=O) groups excluding carboxylic acids is 1. The van der Waals surface area contributed by atoms with E-state index in [-0.39, 0.29) is 22.7 Å². The molecule has 0 aromatic heterocycles. The Hall–Kier alpha value is -1.76.